The smallest absolute Gasteiger partial charge is 0.407 e. The lowest BCUT2D eigenvalue weighted by molar-refractivity contribution is -0.122. The van der Waals surface area contributed by atoms with Gasteiger partial charge in [-0.3, -0.25) is 9.36 Å². The van der Waals surface area contributed by atoms with E-state index in [0.29, 0.717) is 58.2 Å². The summed E-state index contributed by atoms with van der Waals surface area (Å²) in [6, 6.07) is 4.92. The van der Waals surface area contributed by atoms with Crippen LogP contribution in [-0.2, 0) is 4.79 Å². The number of carbonyl (C=O) groups excluding carboxylic acids is 1. The van der Waals surface area contributed by atoms with Crippen molar-refractivity contribution < 1.29 is 14.7 Å². The summed E-state index contributed by atoms with van der Waals surface area (Å²) in [4.78, 5) is 38.9. The molecule has 5 N–H and O–H groups in total. The van der Waals surface area contributed by atoms with Gasteiger partial charge in [-0.25, -0.2) is 14.8 Å². The number of halogens is 2. The minimum absolute atomic E-state index is 0.0122. The number of primary amides is 1. The average Bonchev–Trinajstić information content (AvgIpc) is 3.24. The Kier molecular flexibility index (Phi) is 7.49. The first-order chi connectivity index (χ1) is 18.2. The summed E-state index contributed by atoms with van der Waals surface area (Å²) >= 11 is 12.9. The SMILES string of the molecule is CC1C(Nc2ncc3nc(Nc4c(Cl)cccc4Cl)n(C4CCC(C(N)=O)CC4)c3n2)CCCN1C(=O)O. The van der Waals surface area contributed by atoms with Gasteiger partial charge in [0.1, 0.15) is 5.52 Å². The van der Waals surface area contributed by atoms with E-state index in [1.54, 1.807) is 24.4 Å². The minimum atomic E-state index is -0.932. The van der Waals surface area contributed by atoms with Gasteiger partial charge in [0.2, 0.25) is 17.8 Å². The predicted molar refractivity (Wildman–Crippen MR) is 146 cm³/mol. The van der Waals surface area contributed by atoms with Crippen LogP contribution in [0.3, 0.4) is 0 Å². The molecule has 11 nitrogen and oxygen atoms in total. The van der Waals surface area contributed by atoms with Gasteiger partial charge in [-0.2, -0.15) is 4.98 Å². The van der Waals surface area contributed by atoms with Crippen LogP contribution in [0.4, 0.5) is 22.4 Å². The molecule has 1 saturated carbocycles. The van der Waals surface area contributed by atoms with Crippen LogP contribution in [0.2, 0.25) is 10.0 Å². The summed E-state index contributed by atoms with van der Waals surface area (Å²) in [7, 11) is 0. The van der Waals surface area contributed by atoms with Crippen molar-refractivity contribution in [1.82, 2.24) is 24.4 Å². The molecule has 2 fully saturated rings. The number of nitrogens with two attached hydrogens (primary N) is 1. The van der Waals surface area contributed by atoms with Crippen LogP contribution >= 0.6 is 23.2 Å². The number of para-hydroxylation sites is 1. The number of carbonyl (C=O) groups is 2. The summed E-state index contributed by atoms with van der Waals surface area (Å²) in [5.41, 5.74) is 7.31. The Labute approximate surface area is 229 Å². The molecule has 38 heavy (non-hydrogen) atoms. The Morgan fingerprint density at radius 2 is 1.82 bits per heavy atom. The molecule has 13 heteroatoms. The quantitative estimate of drug-likeness (QED) is 0.327. The van der Waals surface area contributed by atoms with E-state index in [9.17, 15) is 14.7 Å². The van der Waals surface area contributed by atoms with Crippen molar-refractivity contribution in [2.75, 3.05) is 17.2 Å². The molecule has 1 aliphatic heterocycles. The molecule has 2 aliphatic rings. The Bertz CT molecular complexity index is 1340. The summed E-state index contributed by atoms with van der Waals surface area (Å²) in [6.07, 6.45) is 5.08. The second-order valence-electron chi connectivity index (χ2n) is 9.95. The van der Waals surface area contributed by atoms with Crippen molar-refractivity contribution in [1.29, 1.82) is 0 Å². The number of anilines is 3. The van der Waals surface area contributed by atoms with Crippen molar-refractivity contribution in [3.63, 3.8) is 0 Å². The zero-order chi connectivity index (χ0) is 27.0. The van der Waals surface area contributed by atoms with Gasteiger partial charge in [-0.15, -0.1) is 0 Å². The molecular weight excluding hydrogens is 531 g/mol. The van der Waals surface area contributed by atoms with Crippen LogP contribution in [0.5, 0.6) is 0 Å². The highest BCUT2D eigenvalue weighted by Gasteiger charge is 2.32. The number of amides is 2. The number of likely N-dealkylation sites (tertiary alicyclic amines) is 1. The highest BCUT2D eigenvalue weighted by molar-refractivity contribution is 6.39. The highest BCUT2D eigenvalue weighted by Crippen LogP contribution is 2.39. The van der Waals surface area contributed by atoms with E-state index in [4.69, 9.17) is 38.9 Å². The van der Waals surface area contributed by atoms with Crippen LogP contribution in [-0.4, -0.2) is 60.2 Å². The molecular formula is C25H30Cl2N8O3. The number of imidazole rings is 1. The molecule has 0 spiro atoms. The van der Waals surface area contributed by atoms with Crippen LogP contribution in [0.15, 0.2) is 24.4 Å². The van der Waals surface area contributed by atoms with Gasteiger partial charge in [0, 0.05) is 24.5 Å². The number of nitrogens with one attached hydrogen (secondary N) is 2. The van der Waals surface area contributed by atoms with E-state index < -0.39 is 6.09 Å². The molecule has 3 heterocycles. The van der Waals surface area contributed by atoms with Crippen LogP contribution < -0.4 is 16.4 Å². The van der Waals surface area contributed by atoms with Gasteiger partial charge >= 0.3 is 6.09 Å². The normalized spacial score (nSPS) is 23.8. The van der Waals surface area contributed by atoms with Gasteiger partial charge < -0.3 is 26.4 Å². The number of hydrogen-bond donors (Lipinski definition) is 4. The molecule has 2 aromatic heterocycles. The van der Waals surface area contributed by atoms with Crippen molar-refractivity contribution >= 4 is 64.0 Å². The van der Waals surface area contributed by atoms with Crippen LogP contribution in [0, 0.1) is 5.92 Å². The molecule has 0 bridgehead atoms. The molecule has 3 aromatic rings. The third-order valence-corrected chi connectivity index (χ3v) is 8.27. The molecule has 202 valence electrons. The van der Waals surface area contributed by atoms with E-state index in [1.807, 2.05) is 11.5 Å². The third-order valence-electron chi connectivity index (χ3n) is 7.64. The third kappa shape index (κ3) is 5.17. The second kappa shape index (κ2) is 10.8. The Balaban J connectivity index is 1.50. The number of rotatable bonds is 6. The molecule has 1 aromatic carbocycles. The van der Waals surface area contributed by atoms with Crippen molar-refractivity contribution in [2.45, 2.75) is 63.6 Å². The number of aromatic nitrogens is 4. The first-order valence-electron chi connectivity index (χ1n) is 12.7. The summed E-state index contributed by atoms with van der Waals surface area (Å²) in [6.45, 7) is 2.40. The first kappa shape index (κ1) is 26.3. The van der Waals surface area contributed by atoms with Crippen molar-refractivity contribution in [3.05, 3.63) is 34.4 Å². The fraction of sp³-hybridized carbons (Fsp3) is 0.480. The number of carboxylic acid groups (broad SMARTS) is 1. The maximum absolute atomic E-state index is 11.8. The molecule has 0 radical (unpaired) electrons. The van der Waals surface area contributed by atoms with Crippen molar-refractivity contribution in [2.24, 2.45) is 11.7 Å². The topological polar surface area (TPSA) is 151 Å². The number of hydrogen-bond acceptors (Lipinski definition) is 7. The standard InChI is InChI=1S/C25H30Cl2N8O3/c1-13-18(6-3-11-34(13)25(37)38)30-23-29-12-19-22(33-23)35(15-9-7-14(8-10-15)21(28)36)24(31-19)32-20-16(26)4-2-5-17(20)27/h2,4-5,12-15,18H,3,6-11H2,1H3,(H2,28,36)(H,31,32)(H,37,38)(H,29,30,33). The zero-order valence-electron chi connectivity index (χ0n) is 20.9. The number of piperidine rings is 1. The zero-order valence-corrected chi connectivity index (χ0v) is 22.4. The van der Waals surface area contributed by atoms with E-state index in [-0.39, 0.29) is 30.0 Å². The molecule has 2 unspecified atom stereocenters. The van der Waals surface area contributed by atoms with Gasteiger partial charge in [-0.1, -0.05) is 29.3 Å². The first-order valence-corrected chi connectivity index (χ1v) is 13.5. The van der Waals surface area contributed by atoms with Gasteiger partial charge in [0.15, 0.2) is 5.65 Å². The molecule has 2 amide bonds. The average molecular weight is 561 g/mol. The fourth-order valence-electron chi connectivity index (χ4n) is 5.51. The largest absolute Gasteiger partial charge is 0.465 e. The lowest BCUT2D eigenvalue weighted by Gasteiger charge is -2.37. The van der Waals surface area contributed by atoms with E-state index in [0.717, 1.165) is 25.7 Å². The van der Waals surface area contributed by atoms with E-state index in [1.165, 1.54) is 4.90 Å². The molecule has 1 aliphatic carbocycles. The highest BCUT2D eigenvalue weighted by atomic mass is 35.5. The van der Waals surface area contributed by atoms with Gasteiger partial charge in [0.25, 0.3) is 0 Å². The monoisotopic (exact) mass is 560 g/mol. The Morgan fingerprint density at radius 1 is 1.11 bits per heavy atom. The fourth-order valence-corrected chi connectivity index (χ4v) is 6.01. The van der Waals surface area contributed by atoms with E-state index in [2.05, 4.69) is 15.6 Å². The lowest BCUT2D eigenvalue weighted by Crippen LogP contribution is -2.51. The molecule has 1 saturated heterocycles. The summed E-state index contributed by atoms with van der Waals surface area (Å²) in [5.74, 6) is 0.501. The Morgan fingerprint density at radius 3 is 2.47 bits per heavy atom. The maximum atomic E-state index is 11.8. The molecule has 5 rings (SSSR count). The summed E-state index contributed by atoms with van der Waals surface area (Å²) < 4.78 is 2.02. The van der Waals surface area contributed by atoms with Crippen LogP contribution in [0.25, 0.3) is 11.2 Å². The number of fused-ring (bicyclic) bond motifs is 1. The second-order valence-corrected chi connectivity index (χ2v) is 10.8. The van der Waals surface area contributed by atoms with Crippen LogP contribution in [0.1, 0.15) is 51.5 Å². The van der Waals surface area contributed by atoms with Crippen molar-refractivity contribution in [3.8, 4) is 0 Å². The van der Waals surface area contributed by atoms with Gasteiger partial charge in [-0.05, 0) is 57.6 Å². The number of nitrogens with zero attached hydrogens (tertiary/aromatic N) is 5. The summed E-state index contributed by atoms with van der Waals surface area (Å²) in [5, 5.41) is 17.1. The van der Waals surface area contributed by atoms with E-state index >= 15 is 0 Å². The predicted octanol–water partition coefficient (Wildman–Crippen LogP) is 5.04. The molecule has 2 atom stereocenters. The number of benzene rings is 1. The lowest BCUT2D eigenvalue weighted by atomic mass is 9.85. The van der Waals surface area contributed by atoms with Gasteiger partial charge in [0.05, 0.1) is 28.0 Å². The Hall–Kier alpha value is -3.31. The minimum Gasteiger partial charge on any atom is -0.465 e. The maximum Gasteiger partial charge on any atom is 0.407 e.